The van der Waals surface area contributed by atoms with E-state index in [0.29, 0.717) is 5.02 Å². The number of rotatable bonds is 1. The average molecular weight is 184 g/mol. The van der Waals surface area contributed by atoms with Crippen LogP contribution in [0.25, 0.3) is 4.98 Å². The summed E-state index contributed by atoms with van der Waals surface area (Å²) in [5.41, 5.74) is -0.128. The van der Waals surface area contributed by atoms with Gasteiger partial charge in [-0.15, -0.1) is 0 Å². The summed E-state index contributed by atoms with van der Waals surface area (Å²) in [6, 6.07) is 3.96. The Morgan fingerprint density at radius 1 is 1.58 bits per heavy atom. The summed E-state index contributed by atoms with van der Waals surface area (Å²) in [5.74, 6) is -1.15. The number of carbonyl (C=O) groups is 1. The van der Waals surface area contributed by atoms with E-state index in [4.69, 9.17) is 22.1 Å². The van der Waals surface area contributed by atoms with Crippen LogP contribution < -0.4 is 0 Å². The standard InChI is InChI=1S/C7H3ClN2O2/c8-4-1-2-5(7(11)12)6(3-4)10-9/h1-3H/p+1. The van der Waals surface area contributed by atoms with Crippen LogP contribution >= 0.6 is 11.6 Å². The summed E-state index contributed by atoms with van der Waals surface area (Å²) >= 11 is 5.54. The molecule has 0 fully saturated rings. The first-order valence-corrected chi connectivity index (χ1v) is 3.41. The van der Waals surface area contributed by atoms with Crippen molar-refractivity contribution in [1.82, 2.24) is 0 Å². The lowest BCUT2D eigenvalue weighted by Gasteiger charge is -1.89. The summed E-state index contributed by atoms with van der Waals surface area (Å²) in [7, 11) is 0. The first-order valence-electron chi connectivity index (χ1n) is 3.03. The average Bonchev–Trinajstić information content (AvgIpc) is 2.03. The molecule has 0 unspecified atom stereocenters. The number of hydrogen-bond donors (Lipinski definition) is 1. The smallest absolute Gasteiger partial charge is 0.400 e. The van der Waals surface area contributed by atoms with Crippen molar-refractivity contribution in [3.05, 3.63) is 33.8 Å². The monoisotopic (exact) mass is 183 g/mol. The third kappa shape index (κ3) is 1.52. The molecule has 5 heteroatoms. The van der Waals surface area contributed by atoms with Crippen molar-refractivity contribution in [3.8, 4) is 0 Å². The molecule has 1 aromatic rings. The first kappa shape index (κ1) is 8.50. The second-order valence-electron chi connectivity index (χ2n) is 2.07. The summed E-state index contributed by atoms with van der Waals surface area (Å²) in [4.78, 5) is 13.3. The van der Waals surface area contributed by atoms with Crippen LogP contribution in [0.4, 0.5) is 5.69 Å². The van der Waals surface area contributed by atoms with Gasteiger partial charge in [0, 0.05) is 5.02 Å². The molecule has 0 aliphatic rings. The Hall–Kier alpha value is -1.60. The van der Waals surface area contributed by atoms with Crippen LogP contribution in [0.2, 0.25) is 5.02 Å². The van der Waals surface area contributed by atoms with Gasteiger partial charge in [-0.1, -0.05) is 11.6 Å². The summed E-state index contributed by atoms with van der Waals surface area (Å²) < 4.78 is 0. The predicted octanol–water partition coefficient (Wildman–Crippen LogP) is 2.52. The number of benzene rings is 1. The molecule has 0 radical (unpaired) electrons. The van der Waals surface area contributed by atoms with Crippen LogP contribution in [0.3, 0.4) is 0 Å². The molecule has 12 heavy (non-hydrogen) atoms. The van der Waals surface area contributed by atoms with Gasteiger partial charge in [0.1, 0.15) is 0 Å². The van der Waals surface area contributed by atoms with E-state index in [1.54, 1.807) is 0 Å². The van der Waals surface area contributed by atoms with E-state index in [-0.39, 0.29) is 11.3 Å². The molecule has 0 heterocycles. The van der Waals surface area contributed by atoms with Crippen molar-refractivity contribution in [3.63, 3.8) is 0 Å². The highest BCUT2D eigenvalue weighted by molar-refractivity contribution is 6.31. The van der Waals surface area contributed by atoms with Gasteiger partial charge >= 0.3 is 11.7 Å². The second-order valence-corrected chi connectivity index (χ2v) is 2.50. The Labute approximate surface area is 73.0 Å². The molecule has 0 atom stereocenters. The summed E-state index contributed by atoms with van der Waals surface area (Å²) in [6.07, 6.45) is 0. The van der Waals surface area contributed by atoms with E-state index in [1.807, 2.05) is 0 Å². The van der Waals surface area contributed by atoms with Crippen LogP contribution in [0, 0.1) is 5.39 Å². The molecular formula is C7H4ClN2O2+. The second kappa shape index (κ2) is 3.20. The molecule has 0 saturated heterocycles. The molecule has 0 bridgehead atoms. The molecule has 60 valence electrons. The third-order valence-electron chi connectivity index (χ3n) is 1.30. The molecule has 1 rings (SSSR count). The van der Waals surface area contributed by atoms with E-state index in [0.717, 1.165) is 0 Å². The van der Waals surface area contributed by atoms with E-state index in [1.165, 1.54) is 18.2 Å². The van der Waals surface area contributed by atoms with E-state index >= 15 is 0 Å². The molecule has 1 aromatic carbocycles. The highest BCUT2D eigenvalue weighted by atomic mass is 35.5. The van der Waals surface area contributed by atoms with Gasteiger partial charge < -0.3 is 5.11 Å². The highest BCUT2D eigenvalue weighted by Gasteiger charge is 2.19. The number of carboxylic acid groups (broad SMARTS) is 1. The minimum Gasteiger partial charge on any atom is -0.477 e. The largest absolute Gasteiger partial charge is 0.477 e. The zero-order valence-electron chi connectivity index (χ0n) is 5.86. The maximum Gasteiger partial charge on any atom is 0.400 e. The maximum absolute atomic E-state index is 10.5. The van der Waals surface area contributed by atoms with E-state index in [9.17, 15) is 4.79 Å². The van der Waals surface area contributed by atoms with Crippen LogP contribution in [-0.2, 0) is 0 Å². The fourth-order valence-electron chi connectivity index (χ4n) is 0.768. The Morgan fingerprint density at radius 3 is 2.75 bits per heavy atom. The number of carboxylic acids is 1. The Morgan fingerprint density at radius 2 is 2.25 bits per heavy atom. The van der Waals surface area contributed by atoms with Crippen LogP contribution in [-0.4, -0.2) is 11.1 Å². The van der Waals surface area contributed by atoms with Crippen molar-refractivity contribution < 1.29 is 9.90 Å². The zero-order valence-corrected chi connectivity index (χ0v) is 6.62. The number of nitrogens with zero attached hydrogens (tertiary/aromatic N) is 2. The summed E-state index contributed by atoms with van der Waals surface area (Å²) in [5, 5.41) is 17.3. The van der Waals surface area contributed by atoms with Gasteiger partial charge in [-0.2, -0.15) is 0 Å². The topological polar surface area (TPSA) is 65.5 Å². The van der Waals surface area contributed by atoms with Crippen molar-refractivity contribution in [2.75, 3.05) is 0 Å². The Kier molecular flexibility index (Phi) is 2.26. The van der Waals surface area contributed by atoms with Gasteiger partial charge in [-0.25, -0.2) is 4.79 Å². The van der Waals surface area contributed by atoms with Crippen LogP contribution in [0.15, 0.2) is 18.2 Å². The minimum atomic E-state index is -1.15. The molecule has 0 aliphatic heterocycles. The quantitative estimate of drug-likeness (QED) is 0.681. The molecule has 0 saturated carbocycles. The lowest BCUT2D eigenvalue weighted by Crippen LogP contribution is -1.95. The van der Waals surface area contributed by atoms with Gasteiger partial charge in [0.05, 0.1) is 6.07 Å². The third-order valence-corrected chi connectivity index (χ3v) is 1.53. The van der Waals surface area contributed by atoms with Crippen molar-refractivity contribution in [1.29, 1.82) is 5.39 Å². The van der Waals surface area contributed by atoms with Gasteiger partial charge in [0.2, 0.25) is 5.39 Å². The SMILES string of the molecule is N#[N+]c1cc(Cl)ccc1C(=O)O. The molecule has 0 spiro atoms. The van der Waals surface area contributed by atoms with Crippen LogP contribution in [0.1, 0.15) is 10.4 Å². The number of aromatic carboxylic acids is 1. The lowest BCUT2D eigenvalue weighted by molar-refractivity contribution is 0.0698. The van der Waals surface area contributed by atoms with Crippen molar-refractivity contribution >= 4 is 23.3 Å². The highest BCUT2D eigenvalue weighted by Crippen LogP contribution is 2.23. The van der Waals surface area contributed by atoms with Gasteiger partial charge in [0.15, 0.2) is 10.5 Å². The fraction of sp³-hybridized carbons (Fsp3) is 0. The Bertz CT molecular complexity index is 370. The maximum atomic E-state index is 10.5. The summed E-state index contributed by atoms with van der Waals surface area (Å²) in [6.45, 7) is 0. The van der Waals surface area contributed by atoms with Crippen molar-refractivity contribution in [2.24, 2.45) is 0 Å². The lowest BCUT2D eigenvalue weighted by atomic mass is 10.2. The van der Waals surface area contributed by atoms with E-state index < -0.39 is 5.97 Å². The molecular weight excluding hydrogens is 180 g/mol. The van der Waals surface area contributed by atoms with Crippen LogP contribution in [0.5, 0.6) is 0 Å². The normalized spacial score (nSPS) is 9.00. The minimum absolute atomic E-state index is 0.0463. The number of diazo groups is 1. The molecule has 1 N–H and O–H groups in total. The molecule has 0 aliphatic carbocycles. The fourth-order valence-corrected chi connectivity index (χ4v) is 0.935. The van der Waals surface area contributed by atoms with Gasteiger partial charge in [0.25, 0.3) is 0 Å². The first-order chi connectivity index (χ1) is 5.65. The van der Waals surface area contributed by atoms with Crippen molar-refractivity contribution in [2.45, 2.75) is 0 Å². The number of hydrogen-bond acceptors (Lipinski definition) is 2. The molecule has 4 nitrogen and oxygen atoms in total. The zero-order chi connectivity index (χ0) is 9.14. The Balaban J connectivity index is 3.32. The van der Waals surface area contributed by atoms with Gasteiger partial charge in [-0.3, -0.25) is 0 Å². The van der Waals surface area contributed by atoms with Gasteiger partial charge in [-0.05, 0) is 12.1 Å². The molecule has 0 amide bonds. The number of halogens is 1. The predicted molar refractivity (Wildman–Crippen MR) is 43.2 cm³/mol. The van der Waals surface area contributed by atoms with E-state index in [2.05, 4.69) is 4.98 Å². The molecule has 0 aromatic heterocycles.